The third-order valence-corrected chi connectivity index (χ3v) is 5.92. The molecule has 31 heavy (non-hydrogen) atoms. The minimum absolute atomic E-state index is 0.00785. The van der Waals surface area contributed by atoms with E-state index in [9.17, 15) is 9.90 Å². The highest BCUT2D eigenvalue weighted by Gasteiger charge is 2.65. The quantitative estimate of drug-likeness (QED) is 0.485. The molecule has 1 aromatic carbocycles. The topological polar surface area (TPSA) is 123 Å². The molecule has 1 amide bonds. The van der Waals surface area contributed by atoms with Gasteiger partial charge in [0, 0.05) is 18.6 Å². The van der Waals surface area contributed by atoms with E-state index in [0.717, 1.165) is 5.56 Å². The summed E-state index contributed by atoms with van der Waals surface area (Å²) in [6.07, 6.45) is -1.20. The number of imidazole rings is 1. The van der Waals surface area contributed by atoms with E-state index in [0.29, 0.717) is 28.5 Å². The van der Waals surface area contributed by atoms with Crippen LogP contribution in [0, 0.1) is 0 Å². The van der Waals surface area contributed by atoms with Crippen LogP contribution in [0.3, 0.4) is 0 Å². The number of rotatable bonds is 5. The van der Waals surface area contributed by atoms with Gasteiger partial charge in [0.1, 0.15) is 12.2 Å². The van der Waals surface area contributed by atoms with E-state index in [-0.39, 0.29) is 11.9 Å². The van der Waals surface area contributed by atoms with Gasteiger partial charge in [-0.2, -0.15) is 9.97 Å². The van der Waals surface area contributed by atoms with Crippen LogP contribution in [-0.4, -0.2) is 62.0 Å². The Morgan fingerprint density at radius 1 is 1.39 bits per heavy atom. The molecule has 0 radical (unpaired) electrons. The van der Waals surface area contributed by atoms with Crippen LogP contribution in [0.2, 0.25) is 10.3 Å². The van der Waals surface area contributed by atoms with E-state index >= 15 is 0 Å². The molecule has 0 spiro atoms. The fourth-order valence-electron chi connectivity index (χ4n) is 4.00. The lowest BCUT2D eigenvalue weighted by Gasteiger charge is -2.29. The van der Waals surface area contributed by atoms with E-state index < -0.39 is 29.9 Å². The molecule has 10 nitrogen and oxygen atoms in total. The molecule has 2 aliphatic rings. The Bertz CT molecular complexity index is 1170. The number of ether oxygens (including phenoxy) is 2. The minimum Gasteiger partial charge on any atom is -0.387 e. The zero-order valence-corrected chi connectivity index (χ0v) is 17.8. The van der Waals surface area contributed by atoms with Gasteiger partial charge >= 0.3 is 0 Å². The second-order valence-corrected chi connectivity index (χ2v) is 8.12. The first-order chi connectivity index (χ1) is 14.9. The van der Waals surface area contributed by atoms with Crippen molar-refractivity contribution in [2.75, 3.05) is 19.0 Å². The summed E-state index contributed by atoms with van der Waals surface area (Å²) < 4.78 is 13.2. The predicted molar refractivity (Wildman–Crippen MR) is 112 cm³/mol. The fraction of sp³-hybridized carbons (Fsp3) is 0.368. The number of aliphatic hydroxyl groups excluding tert-OH is 1. The van der Waals surface area contributed by atoms with E-state index in [4.69, 9.17) is 32.7 Å². The molecule has 2 aromatic heterocycles. The number of anilines is 1. The SMILES string of the molecule is CNC(=O)[C@@]12COC(C1O)[C@H](n1cnc3c(NCc4cccc(Cl)c4)nc(Cl)nc31)O2. The molecule has 4 atom stereocenters. The average molecular weight is 465 g/mol. The lowest BCUT2D eigenvalue weighted by molar-refractivity contribution is -0.184. The lowest BCUT2D eigenvalue weighted by Crippen LogP contribution is -2.53. The number of hydrogen-bond acceptors (Lipinski definition) is 8. The van der Waals surface area contributed by atoms with Crippen molar-refractivity contribution < 1.29 is 19.4 Å². The Labute approximate surface area is 186 Å². The third-order valence-electron chi connectivity index (χ3n) is 5.52. The number of halogens is 2. The standard InChI is InChI=1S/C19H18Cl2N6O4/c1-22-17(29)19-7-30-12(13(19)28)16(31-19)27-8-24-11-14(25-18(21)26-15(11)27)23-6-9-3-2-4-10(20)5-9/h2-5,8,12-13,16,28H,6-7H2,1H3,(H,22,29)(H,23,25,26)/t12?,13?,16-,19-/m1/s1. The van der Waals surface area contributed by atoms with E-state index in [1.807, 2.05) is 18.2 Å². The second-order valence-electron chi connectivity index (χ2n) is 7.35. The normalized spacial score (nSPS) is 27.0. The molecule has 12 heteroatoms. The van der Waals surface area contributed by atoms with Gasteiger partial charge in [-0.1, -0.05) is 23.7 Å². The molecule has 2 unspecified atom stereocenters. The number of likely N-dealkylation sites (N-methyl/N-ethyl adjacent to an activating group) is 1. The molecule has 3 N–H and O–H groups in total. The number of nitrogens with zero attached hydrogens (tertiary/aromatic N) is 4. The molecular weight excluding hydrogens is 447 g/mol. The second kappa shape index (κ2) is 7.57. The van der Waals surface area contributed by atoms with Gasteiger partial charge in [-0.05, 0) is 29.3 Å². The summed E-state index contributed by atoms with van der Waals surface area (Å²) in [6.45, 7) is 0.407. The number of fused-ring (bicyclic) bond motifs is 3. The van der Waals surface area contributed by atoms with Gasteiger partial charge in [0.15, 0.2) is 23.2 Å². The van der Waals surface area contributed by atoms with Crippen LogP contribution in [0.1, 0.15) is 11.8 Å². The first kappa shape index (κ1) is 20.4. The molecule has 2 bridgehead atoms. The minimum atomic E-state index is -1.48. The maximum atomic E-state index is 12.4. The van der Waals surface area contributed by atoms with Crippen molar-refractivity contribution in [2.24, 2.45) is 0 Å². The maximum Gasteiger partial charge on any atom is 0.257 e. The number of aliphatic hydroxyl groups is 1. The molecule has 162 valence electrons. The van der Waals surface area contributed by atoms with Gasteiger partial charge in [-0.3, -0.25) is 9.36 Å². The van der Waals surface area contributed by atoms with Gasteiger partial charge in [-0.25, -0.2) is 4.98 Å². The summed E-state index contributed by atoms with van der Waals surface area (Å²) in [5, 5.41) is 17.0. The highest BCUT2D eigenvalue weighted by Crippen LogP contribution is 2.46. The molecule has 2 fully saturated rings. The van der Waals surface area contributed by atoms with Crippen molar-refractivity contribution in [1.82, 2.24) is 24.8 Å². The van der Waals surface area contributed by atoms with Crippen molar-refractivity contribution in [3.05, 3.63) is 46.5 Å². The van der Waals surface area contributed by atoms with Crippen molar-refractivity contribution in [3.8, 4) is 0 Å². The van der Waals surface area contributed by atoms with Crippen LogP contribution in [0.5, 0.6) is 0 Å². The van der Waals surface area contributed by atoms with E-state index in [1.54, 1.807) is 10.6 Å². The monoisotopic (exact) mass is 464 g/mol. The Morgan fingerprint density at radius 2 is 2.23 bits per heavy atom. The first-order valence-electron chi connectivity index (χ1n) is 9.51. The molecule has 0 aliphatic carbocycles. The smallest absolute Gasteiger partial charge is 0.257 e. The van der Waals surface area contributed by atoms with Gasteiger partial charge in [0.2, 0.25) is 10.9 Å². The van der Waals surface area contributed by atoms with Gasteiger partial charge in [0.05, 0.1) is 12.9 Å². The molecule has 3 aromatic rings. The number of carbonyl (C=O) groups excluding carboxylic acids is 1. The van der Waals surface area contributed by atoms with Gasteiger partial charge < -0.3 is 25.2 Å². The van der Waals surface area contributed by atoms with E-state index in [1.165, 1.54) is 13.4 Å². The van der Waals surface area contributed by atoms with Gasteiger partial charge in [-0.15, -0.1) is 0 Å². The summed E-state index contributed by atoms with van der Waals surface area (Å²) >= 11 is 12.2. The number of amides is 1. The fourth-order valence-corrected chi connectivity index (χ4v) is 4.38. The zero-order chi connectivity index (χ0) is 21.8. The summed E-state index contributed by atoms with van der Waals surface area (Å²) in [7, 11) is 1.48. The van der Waals surface area contributed by atoms with Crippen molar-refractivity contribution >= 4 is 46.1 Å². The number of carbonyl (C=O) groups is 1. The van der Waals surface area contributed by atoms with Crippen LogP contribution in [-0.2, 0) is 20.8 Å². The highest BCUT2D eigenvalue weighted by atomic mass is 35.5. The Balaban J connectivity index is 1.47. The molecular formula is C19H18Cl2N6O4. The largest absolute Gasteiger partial charge is 0.387 e. The molecule has 5 rings (SSSR count). The number of aromatic nitrogens is 4. The van der Waals surface area contributed by atoms with Crippen LogP contribution < -0.4 is 10.6 Å². The van der Waals surface area contributed by atoms with Crippen molar-refractivity contribution in [2.45, 2.75) is 30.6 Å². The lowest BCUT2D eigenvalue weighted by atomic mass is 9.98. The Kier molecular flexibility index (Phi) is 4.98. The van der Waals surface area contributed by atoms with E-state index in [2.05, 4.69) is 25.6 Å². The number of nitrogens with one attached hydrogen (secondary N) is 2. The molecule has 4 heterocycles. The predicted octanol–water partition coefficient (Wildman–Crippen LogP) is 1.52. The summed E-state index contributed by atoms with van der Waals surface area (Å²) in [5.41, 5.74) is 0.316. The van der Waals surface area contributed by atoms with Crippen LogP contribution in [0.4, 0.5) is 5.82 Å². The highest BCUT2D eigenvalue weighted by molar-refractivity contribution is 6.30. The number of benzene rings is 1. The third kappa shape index (κ3) is 3.22. The molecule has 2 aliphatic heterocycles. The molecule has 2 saturated heterocycles. The van der Waals surface area contributed by atoms with Crippen LogP contribution in [0.25, 0.3) is 11.2 Å². The Morgan fingerprint density at radius 3 is 3.00 bits per heavy atom. The van der Waals surface area contributed by atoms with Crippen LogP contribution in [0.15, 0.2) is 30.6 Å². The Hall–Kier alpha value is -2.50. The maximum absolute atomic E-state index is 12.4. The summed E-state index contributed by atoms with van der Waals surface area (Å²) in [6, 6.07) is 7.42. The number of hydrogen-bond donors (Lipinski definition) is 3. The van der Waals surface area contributed by atoms with Crippen molar-refractivity contribution in [1.29, 1.82) is 0 Å². The summed E-state index contributed by atoms with van der Waals surface area (Å²) in [4.78, 5) is 25.3. The van der Waals surface area contributed by atoms with Gasteiger partial charge in [0.25, 0.3) is 5.91 Å². The van der Waals surface area contributed by atoms with Crippen molar-refractivity contribution in [3.63, 3.8) is 0 Å². The zero-order valence-electron chi connectivity index (χ0n) is 16.2. The molecule has 0 saturated carbocycles. The average Bonchev–Trinajstić information content (AvgIpc) is 3.41. The summed E-state index contributed by atoms with van der Waals surface area (Å²) in [5.74, 6) is -0.0229. The van der Waals surface area contributed by atoms with Crippen LogP contribution >= 0.6 is 23.2 Å². The first-order valence-corrected chi connectivity index (χ1v) is 10.3.